The predicted octanol–water partition coefficient (Wildman–Crippen LogP) is 2.38. The molecule has 0 saturated carbocycles. The maximum atomic E-state index is 10.7. The van der Waals surface area contributed by atoms with Crippen LogP contribution in [0.2, 0.25) is 0 Å². The van der Waals surface area contributed by atoms with Crippen LogP contribution in [0.4, 0.5) is 5.82 Å². The molecule has 1 aliphatic rings. The zero-order chi connectivity index (χ0) is 17.6. The first-order valence-electron chi connectivity index (χ1n) is 8.39. The van der Waals surface area contributed by atoms with E-state index in [1.54, 1.807) is 12.4 Å². The molecule has 0 bridgehead atoms. The summed E-state index contributed by atoms with van der Waals surface area (Å²) in [5, 5.41) is 8.75. The Kier molecular flexibility index (Phi) is 5.40. The third-order valence-corrected chi connectivity index (χ3v) is 4.25. The Hall–Kier alpha value is -2.73. The molecule has 0 aromatic carbocycles. The van der Waals surface area contributed by atoms with Crippen molar-refractivity contribution < 1.29 is 9.90 Å². The first-order chi connectivity index (χ1) is 12.1. The van der Waals surface area contributed by atoms with Crippen LogP contribution in [-0.2, 0) is 4.79 Å². The van der Waals surface area contributed by atoms with Gasteiger partial charge < -0.3 is 14.9 Å². The molecule has 0 aliphatic carbocycles. The van der Waals surface area contributed by atoms with Crippen LogP contribution in [0.15, 0.2) is 42.7 Å². The van der Waals surface area contributed by atoms with Crippen LogP contribution in [0.5, 0.6) is 0 Å². The lowest BCUT2D eigenvalue weighted by atomic mass is 10.1. The number of carbonyl (C=O) groups is 1. The van der Waals surface area contributed by atoms with Crippen molar-refractivity contribution in [2.75, 3.05) is 38.1 Å². The Morgan fingerprint density at radius 1 is 1.20 bits per heavy atom. The molecule has 0 radical (unpaired) electrons. The number of anilines is 1. The number of likely N-dealkylation sites (N-methyl/N-ethyl adjacent to an activating group) is 1. The fourth-order valence-corrected chi connectivity index (χ4v) is 2.89. The second-order valence-electron chi connectivity index (χ2n) is 6.20. The summed E-state index contributed by atoms with van der Waals surface area (Å²) in [5.74, 6) is -0.00376. The third-order valence-electron chi connectivity index (χ3n) is 4.25. The Labute approximate surface area is 147 Å². The average Bonchev–Trinajstić information content (AvgIpc) is 2.85. The Balaban J connectivity index is 1.84. The summed E-state index contributed by atoms with van der Waals surface area (Å²) in [4.78, 5) is 24.3. The molecule has 6 nitrogen and oxygen atoms in total. The molecule has 130 valence electrons. The van der Waals surface area contributed by atoms with Crippen LogP contribution in [0.3, 0.4) is 0 Å². The quantitative estimate of drug-likeness (QED) is 0.863. The minimum atomic E-state index is -0.975. The lowest BCUT2D eigenvalue weighted by Crippen LogP contribution is -2.29. The maximum Gasteiger partial charge on any atom is 0.328 e. The lowest BCUT2D eigenvalue weighted by Gasteiger charge is -2.22. The Morgan fingerprint density at radius 2 is 2.08 bits per heavy atom. The molecular formula is C19H22N4O2. The van der Waals surface area contributed by atoms with Crippen LogP contribution in [-0.4, -0.2) is 59.2 Å². The van der Waals surface area contributed by atoms with E-state index in [0.717, 1.165) is 61.3 Å². The molecule has 25 heavy (non-hydrogen) atoms. The number of carboxylic acids is 1. The lowest BCUT2D eigenvalue weighted by molar-refractivity contribution is -0.131. The number of aromatic nitrogens is 2. The highest BCUT2D eigenvalue weighted by Crippen LogP contribution is 2.22. The van der Waals surface area contributed by atoms with Crippen molar-refractivity contribution in [2.24, 2.45) is 0 Å². The van der Waals surface area contributed by atoms with Gasteiger partial charge in [0.25, 0.3) is 0 Å². The SMILES string of the molecule is CN1CCCN(c2cccc(-c3cncc(C=CC(=O)O)c3)n2)CC1. The number of carboxylic acid groups (broad SMARTS) is 1. The smallest absolute Gasteiger partial charge is 0.328 e. The Bertz CT molecular complexity index is 776. The summed E-state index contributed by atoms with van der Waals surface area (Å²) < 4.78 is 0. The molecule has 0 atom stereocenters. The van der Waals surface area contributed by atoms with Gasteiger partial charge in [-0.2, -0.15) is 0 Å². The molecule has 1 N–H and O–H groups in total. The van der Waals surface area contributed by atoms with Crippen molar-refractivity contribution in [1.29, 1.82) is 0 Å². The highest BCUT2D eigenvalue weighted by atomic mass is 16.4. The van der Waals surface area contributed by atoms with Gasteiger partial charge >= 0.3 is 5.97 Å². The standard InChI is InChI=1S/C19H22N4O2/c1-22-8-3-9-23(11-10-22)18-5-2-4-17(21-18)16-12-15(13-20-14-16)6-7-19(24)25/h2,4-7,12-14H,3,8-11H2,1H3,(H,24,25). The van der Waals surface area contributed by atoms with E-state index in [-0.39, 0.29) is 0 Å². The number of nitrogens with zero attached hydrogens (tertiary/aromatic N) is 4. The summed E-state index contributed by atoms with van der Waals surface area (Å²) in [6.45, 7) is 4.11. The van der Waals surface area contributed by atoms with Crippen molar-refractivity contribution in [2.45, 2.75) is 6.42 Å². The van der Waals surface area contributed by atoms with Crippen molar-refractivity contribution >= 4 is 17.9 Å². The molecule has 0 spiro atoms. The van der Waals surface area contributed by atoms with Gasteiger partial charge in [-0.05, 0) is 49.9 Å². The van der Waals surface area contributed by atoms with E-state index >= 15 is 0 Å². The minimum Gasteiger partial charge on any atom is -0.478 e. The van der Waals surface area contributed by atoms with E-state index < -0.39 is 5.97 Å². The predicted molar refractivity (Wildman–Crippen MR) is 98.5 cm³/mol. The molecule has 1 aliphatic heterocycles. The second kappa shape index (κ2) is 7.90. The van der Waals surface area contributed by atoms with Gasteiger partial charge in [0.1, 0.15) is 5.82 Å². The normalized spacial score (nSPS) is 16.1. The third kappa shape index (κ3) is 4.64. The monoisotopic (exact) mass is 338 g/mol. The van der Waals surface area contributed by atoms with Gasteiger partial charge in [-0.1, -0.05) is 6.07 Å². The van der Waals surface area contributed by atoms with Gasteiger partial charge in [0.2, 0.25) is 0 Å². The summed E-state index contributed by atoms with van der Waals surface area (Å²) in [5.41, 5.74) is 2.46. The number of hydrogen-bond acceptors (Lipinski definition) is 5. The first kappa shape index (κ1) is 17.1. The first-order valence-corrected chi connectivity index (χ1v) is 8.39. The Morgan fingerprint density at radius 3 is 2.92 bits per heavy atom. The number of aliphatic carboxylic acids is 1. The highest BCUT2D eigenvalue weighted by molar-refractivity contribution is 5.85. The number of pyridine rings is 2. The van der Waals surface area contributed by atoms with E-state index in [1.165, 1.54) is 6.08 Å². The average molecular weight is 338 g/mol. The molecule has 2 aromatic heterocycles. The van der Waals surface area contributed by atoms with Gasteiger partial charge in [-0.15, -0.1) is 0 Å². The summed E-state index contributed by atoms with van der Waals surface area (Å²) in [7, 11) is 2.15. The molecule has 0 amide bonds. The van der Waals surface area contributed by atoms with Gasteiger partial charge in [-0.3, -0.25) is 4.98 Å². The maximum absolute atomic E-state index is 10.7. The van der Waals surface area contributed by atoms with E-state index in [0.29, 0.717) is 0 Å². The summed E-state index contributed by atoms with van der Waals surface area (Å²) >= 11 is 0. The minimum absolute atomic E-state index is 0.739. The number of hydrogen-bond donors (Lipinski definition) is 1. The van der Waals surface area contributed by atoms with Crippen LogP contribution in [0, 0.1) is 0 Å². The van der Waals surface area contributed by atoms with Gasteiger partial charge in [0.05, 0.1) is 5.69 Å². The zero-order valence-electron chi connectivity index (χ0n) is 14.3. The number of rotatable bonds is 4. The van der Waals surface area contributed by atoms with Crippen LogP contribution in [0.1, 0.15) is 12.0 Å². The van der Waals surface area contributed by atoms with Crippen LogP contribution < -0.4 is 4.90 Å². The molecule has 3 heterocycles. The molecule has 6 heteroatoms. The molecule has 1 fully saturated rings. The zero-order valence-corrected chi connectivity index (χ0v) is 14.3. The topological polar surface area (TPSA) is 69.6 Å². The van der Waals surface area contributed by atoms with Gasteiger partial charge in [-0.25, -0.2) is 9.78 Å². The van der Waals surface area contributed by atoms with Gasteiger partial charge in [0, 0.05) is 43.7 Å². The van der Waals surface area contributed by atoms with Crippen molar-refractivity contribution in [3.8, 4) is 11.3 Å². The summed E-state index contributed by atoms with van der Waals surface area (Å²) in [6, 6.07) is 7.90. The fraction of sp³-hybridized carbons (Fsp3) is 0.316. The fourth-order valence-electron chi connectivity index (χ4n) is 2.89. The largest absolute Gasteiger partial charge is 0.478 e. The van der Waals surface area contributed by atoms with Gasteiger partial charge in [0.15, 0.2) is 0 Å². The van der Waals surface area contributed by atoms with E-state index in [1.807, 2.05) is 24.3 Å². The van der Waals surface area contributed by atoms with E-state index in [2.05, 4.69) is 21.8 Å². The van der Waals surface area contributed by atoms with Crippen molar-refractivity contribution in [1.82, 2.24) is 14.9 Å². The van der Waals surface area contributed by atoms with Crippen molar-refractivity contribution in [3.63, 3.8) is 0 Å². The molecular weight excluding hydrogens is 316 g/mol. The van der Waals surface area contributed by atoms with E-state index in [9.17, 15) is 4.79 Å². The highest BCUT2D eigenvalue weighted by Gasteiger charge is 2.14. The molecule has 1 saturated heterocycles. The second-order valence-corrected chi connectivity index (χ2v) is 6.20. The van der Waals surface area contributed by atoms with Crippen molar-refractivity contribution in [3.05, 3.63) is 48.3 Å². The molecule has 2 aromatic rings. The molecule has 3 rings (SSSR count). The van der Waals surface area contributed by atoms with Crippen LogP contribution >= 0.6 is 0 Å². The molecule has 0 unspecified atom stereocenters. The summed E-state index contributed by atoms with van der Waals surface area (Å²) in [6.07, 6.45) is 7.16. The van der Waals surface area contributed by atoms with Crippen LogP contribution in [0.25, 0.3) is 17.3 Å². The van der Waals surface area contributed by atoms with E-state index in [4.69, 9.17) is 10.1 Å².